The Morgan fingerprint density at radius 2 is 1.88 bits per heavy atom. The number of rotatable bonds is 9. The van der Waals surface area contributed by atoms with E-state index in [4.69, 9.17) is 4.74 Å². The van der Waals surface area contributed by atoms with Gasteiger partial charge in [0.15, 0.2) is 5.60 Å². The lowest BCUT2D eigenvalue weighted by molar-refractivity contribution is -0.178. The summed E-state index contributed by atoms with van der Waals surface area (Å²) in [6.45, 7) is 6.99. The van der Waals surface area contributed by atoms with Gasteiger partial charge in [-0.05, 0) is 33.6 Å². The van der Waals surface area contributed by atoms with Gasteiger partial charge < -0.3 is 14.9 Å². The molecule has 0 radical (unpaired) electrons. The molecule has 0 aromatic carbocycles. The molecule has 0 aliphatic heterocycles. The molecule has 4 heteroatoms. The maximum atomic E-state index is 11.2. The van der Waals surface area contributed by atoms with Gasteiger partial charge in [0, 0.05) is 0 Å². The van der Waals surface area contributed by atoms with E-state index in [9.17, 15) is 15.0 Å². The number of carboxylic acid groups (broad SMARTS) is 1. The van der Waals surface area contributed by atoms with E-state index in [1.54, 1.807) is 20.8 Å². The minimum Gasteiger partial charge on any atom is -0.479 e. The van der Waals surface area contributed by atoms with Crippen LogP contribution in [0.5, 0.6) is 0 Å². The number of carbonyl (C=O) groups is 1. The maximum Gasteiger partial charge on any atom is 0.335 e. The highest BCUT2D eigenvalue weighted by molar-refractivity contribution is 5.76. The minimum atomic E-state index is -1.19. The average molecular weight is 246 g/mol. The molecule has 0 spiro atoms. The molecule has 17 heavy (non-hydrogen) atoms. The van der Waals surface area contributed by atoms with Crippen molar-refractivity contribution in [2.45, 2.75) is 77.6 Å². The lowest BCUT2D eigenvalue weighted by atomic mass is 9.97. The molecule has 0 rings (SSSR count). The van der Waals surface area contributed by atoms with E-state index in [1.807, 2.05) is 0 Å². The van der Waals surface area contributed by atoms with Crippen molar-refractivity contribution >= 4 is 5.97 Å². The molecule has 4 nitrogen and oxygen atoms in total. The lowest BCUT2D eigenvalue weighted by Gasteiger charge is -2.30. The molecule has 0 saturated carbocycles. The van der Waals surface area contributed by atoms with Gasteiger partial charge in [0.1, 0.15) is 0 Å². The molecule has 0 heterocycles. The molecule has 0 fully saturated rings. The molecule has 0 aromatic rings. The molecule has 0 aliphatic rings. The second-order valence-corrected chi connectivity index (χ2v) is 4.91. The number of aliphatic carboxylic acids is 1. The third-order valence-electron chi connectivity index (χ3n) is 3.09. The van der Waals surface area contributed by atoms with Crippen molar-refractivity contribution in [1.29, 1.82) is 0 Å². The monoisotopic (exact) mass is 246 g/mol. The Hall–Kier alpha value is -0.610. The summed E-state index contributed by atoms with van der Waals surface area (Å²) in [7, 11) is 0. The first-order valence-electron chi connectivity index (χ1n) is 6.42. The molecular weight excluding hydrogens is 220 g/mol. The van der Waals surface area contributed by atoms with Crippen molar-refractivity contribution in [1.82, 2.24) is 0 Å². The molecule has 3 atom stereocenters. The van der Waals surface area contributed by atoms with Crippen LogP contribution in [0.2, 0.25) is 0 Å². The summed E-state index contributed by atoms with van der Waals surface area (Å²) >= 11 is 0. The van der Waals surface area contributed by atoms with E-state index in [1.165, 1.54) is 0 Å². The number of aliphatic hydroxyl groups excluding tert-OH is 1. The van der Waals surface area contributed by atoms with Gasteiger partial charge in [0.2, 0.25) is 0 Å². The SMILES string of the molecule is CCCCCCC(C)(OC(C)C(C)O)C(=O)O. The van der Waals surface area contributed by atoms with E-state index < -0.39 is 23.8 Å². The van der Waals surface area contributed by atoms with Crippen LogP contribution in [0.3, 0.4) is 0 Å². The van der Waals surface area contributed by atoms with Crippen LogP contribution in [0, 0.1) is 0 Å². The zero-order valence-electron chi connectivity index (χ0n) is 11.4. The third kappa shape index (κ3) is 6.03. The van der Waals surface area contributed by atoms with Crippen LogP contribution < -0.4 is 0 Å². The van der Waals surface area contributed by atoms with Gasteiger partial charge >= 0.3 is 5.97 Å². The van der Waals surface area contributed by atoms with E-state index in [2.05, 4.69) is 6.92 Å². The summed E-state index contributed by atoms with van der Waals surface area (Å²) in [6.07, 6.45) is 3.44. The Labute approximate surface area is 104 Å². The van der Waals surface area contributed by atoms with E-state index in [0.717, 1.165) is 25.7 Å². The summed E-state index contributed by atoms with van der Waals surface area (Å²) in [4.78, 5) is 11.2. The topological polar surface area (TPSA) is 66.8 Å². The average Bonchev–Trinajstić information content (AvgIpc) is 2.24. The zero-order valence-corrected chi connectivity index (χ0v) is 11.4. The number of unbranched alkanes of at least 4 members (excludes halogenated alkanes) is 3. The number of hydrogen-bond donors (Lipinski definition) is 2. The Bertz CT molecular complexity index is 227. The Morgan fingerprint density at radius 3 is 2.29 bits per heavy atom. The summed E-state index contributed by atoms with van der Waals surface area (Å²) in [6, 6.07) is 0. The highest BCUT2D eigenvalue weighted by atomic mass is 16.5. The van der Waals surface area contributed by atoms with Gasteiger partial charge in [-0.25, -0.2) is 4.79 Å². The molecule has 0 saturated heterocycles. The van der Waals surface area contributed by atoms with Crippen molar-refractivity contribution in [3.8, 4) is 0 Å². The zero-order chi connectivity index (χ0) is 13.5. The summed E-state index contributed by atoms with van der Waals surface area (Å²) in [5.74, 6) is -0.957. The second-order valence-electron chi connectivity index (χ2n) is 4.91. The molecule has 0 bridgehead atoms. The number of carboxylic acids is 1. The fraction of sp³-hybridized carbons (Fsp3) is 0.923. The fourth-order valence-corrected chi connectivity index (χ4v) is 1.61. The molecular formula is C13H26O4. The van der Waals surface area contributed by atoms with Crippen molar-refractivity contribution in [2.24, 2.45) is 0 Å². The van der Waals surface area contributed by atoms with Gasteiger partial charge in [0.05, 0.1) is 12.2 Å². The highest BCUT2D eigenvalue weighted by Gasteiger charge is 2.36. The van der Waals surface area contributed by atoms with Gasteiger partial charge in [-0.2, -0.15) is 0 Å². The smallest absolute Gasteiger partial charge is 0.335 e. The van der Waals surface area contributed by atoms with Crippen molar-refractivity contribution in [3.63, 3.8) is 0 Å². The van der Waals surface area contributed by atoms with E-state index in [0.29, 0.717) is 6.42 Å². The van der Waals surface area contributed by atoms with Crippen LogP contribution in [0.15, 0.2) is 0 Å². The summed E-state index contributed by atoms with van der Waals surface area (Å²) in [5.41, 5.74) is -1.19. The predicted octanol–water partition coefficient (Wildman–Crippen LogP) is 2.59. The van der Waals surface area contributed by atoms with Crippen LogP contribution in [-0.4, -0.2) is 34.0 Å². The second kappa shape index (κ2) is 7.67. The van der Waals surface area contributed by atoms with Crippen LogP contribution >= 0.6 is 0 Å². The fourth-order valence-electron chi connectivity index (χ4n) is 1.61. The first-order chi connectivity index (χ1) is 7.83. The molecule has 0 aliphatic carbocycles. The minimum absolute atomic E-state index is 0.470. The number of aliphatic hydroxyl groups is 1. The van der Waals surface area contributed by atoms with E-state index in [-0.39, 0.29) is 0 Å². The quantitative estimate of drug-likeness (QED) is 0.614. The molecule has 2 N–H and O–H groups in total. The highest BCUT2D eigenvalue weighted by Crippen LogP contribution is 2.23. The largest absolute Gasteiger partial charge is 0.479 e. The molecule has 3 unspecified atom stereocenters. The van der Waals surface area contributed by atoms with Crippen LogP contribution in [0.4, 0.5) is 0 Å². The van der Waals surface area contributed by atoms with Gasteiger partial charge in [0.25, 0.3) is 0 Å². The Kier molecular flexibility index (Phi) is 7.39. The van der Waals surface area contributed by atoms with Crippen LogP contribution in [0.25, 0.3) is 0 Å². The van der Waals surface area contributed by atoms with Gasteiger partial charge in [-0.15, -0.1) is 0 Å². The Morgan fingerprint density at radius 1 is 1.29 bits per heavy atom. The van der Waals surface area contributed by atoms with Crippen molar-refractivity contribution in [2.75, 3.05) is 0 Å². The predicted molar refractivity (Wildman–Crippen MR) is 67.0 cm³/mol. The summed E-state index contributed by atoms with van der Waals surface area (Å²) in [5, 5.41) is 18.6. The lowest BCUT2D eigenvalue weighted by Crippen LogP contribution is -2.43. The maximum absolute atomic E-state index is 11.2. The van der Waals surface area contributed by atoms with Gasteiger partial charge in [-0.1, -0.05) is 26.2 Å². The first-order valence-corrected chi connectivity index (χ1v) is 6.42. The first kappa shape index (κ1) is 16.4. The van der Waals surface area contributed by atoms with E-state index >= 15 is 0 Å². The molecule has 0 amide bonds. The van der Waals surface area contributed by atoms with Crippen molar-refractivity contribution < 1.29 is 19.7 Å². The Balaban J connectivity index is 4.31. The normalized spacial score (nSPS) is 18.4. The third-order valence-corrected chi connectivity index (χ3v) is 3.09. The number of ether oxygens (including phenoxy) is 1. The standard InChI is InChI=1S/C13H26O4/c1-5-6-7-8-9-13(4,12(15)16)17-11(3)10(2)14/h10-11,14H,5-9H2,1-4H3,(H,15,16). The van der Waals surface area contributed by atoms with Gasteiger partial charge in [-0.3, -0.25) is 0 Å². The summed E-state index contributed by atoms with van der Waals surface area (Å²) < 4.78 is 5.49. The number of hydrogen-bond acceptors (Lipinski definition) is 3. The van der Waals surface area contributed by atoms with Crippen LogP contribution in [0.1, 0.15) is 59.8 Å². The molecule has 0 aromatic heterocycles. The molecule has 102 valence electrons. The van der Waals surface area contributed by atoms with Crippen molar-refractivity contribution in [3.05, 3.63) is 0 Å². The van der Waals surface area contributed by atoms with Crippen LogP contribution in [-0.2, 0) is 9.53 Å².